The van der Waals surface area contributed by atoms with Gasteiger partial charge in [0.15, 0.2) is 11.5 Å². The predicted octanol–water partition coefficient (Wildman–Crippen LogP) is 4.80. The second-order valence-electron chi connectivity index (χ2n) is 6.85. The second-order valence-corrected chi connectivity index (χ2v) is 6.85. The van der Waals surface area contributed by atoms with E-state index in [0.29, 0.717) is 36.7 Å². The number of aromatic nitrogens is 1. The monoisotopic (exact) mass is 401 g/mol. The number of ether oxygens (including phenoxy) is 3. The van der Waals surface area contributed by atoms with Crippen LogP contribution < -0.4 is 15.0 Å². The third-order valence-corrected chi connectivity index (χ3v) is 4.82. The lowest BCUT2D eigenvalue weighted by Crippen LogP contribution is -2.08. The molecule has 0 amide bonds. The highest BCUT2D eigenvalue weighted by molar-refractivity contribution is 5.85. The van der Waals surface area contributed by atoms with Gasteiger partial charge < -0.3 is 19.2 Å². The van der Waals surface area contributed by atoms with Gasteiger partial charge in [-0.05, 0) is 41.3 Å². The molecule has 0 fully saturated rings. The number of hydrogen-bond donors (Lipinski definition) is 1. The number of rotatable bonds is 8. The van der Waals surface area contributed by atoms with Crippen molar-refractivity contribution in [3.8, 4) is 22.8 Å². The Labute approximate surface area is 174 Å². The molecule has 0 unspecified atom stereocenters. The molecule has 4 rings (SSSR count). The van der Waals surface area contributed by atoms with Crippen molar-refractivity contribution in [1.82, 2.24) is 4.98 Å². The van der Waals surface area contributed by atoms with Crippen molar-refractivity contribution in [3.63, 3.8) is 0 Å². The standard InChI is InChI=1S/C25H23NO4/c1-28-24-16-20(22-15-19-9-5-6-10-21(19)25(27)26-22)11-12-23(24)30-14-13-29-17-18-7-3-2-4-8-18/h2-12,15-16H,13-14,17H2,1H3,(H,26,27). The van der Waals surface area contributed by atoms with Crippen molar-refractivity contribution in [3.05, 3.63) is 94.8 Å². The summed E-state index contributed by atoms with van der Waals surface area (Å²) < 4.78 is 17.0. The number of fused-ring (bicyclic) bond motifs is 1. The van der Waals surface area contributed by atoms with E-state index in [9.17, 15) is 4.79 Å². The zero-order valence-electron chi connectivity index (χ0n) is 16.8. The fourth-order valence-electron chi connectivity index (χ4n) is 3.30. The van der Waals surface area contributed by atoms with Gasteiger partial charge in [-0.1, -0.05) is 48.5 Å². The first kappa shape index (κ1) is 19.7. The molecule has 5 heteroatoms. The van der Waals surface area contributed by atoms with Gasteiger partial charge in [0.2, 0.25) is 0 Å². The molecular weight excluding hydrogens is 378 g/mol. The largest absolute Gasteiger partial charge is 0.493 e. The van der Waals surface area contributed by atoms with Gasteiger partial charge in [0.25, 0.3) is 5.56 Å². The lowest BCUT2D eigenvalue weighted by molar-refractivity contribution is 0.0880. The van der Waals surface area contributed by atoms with Crippen LogP contribution >= 0.6 is 0 Å². The van der Waals surface area contributed by atoms with Crippen molar-refractivity contribution >= 4 is 10.8 Å². The number of pyridine rings is 1. The van der Waals surface area contributed by atoms with Gasteiger partial charge in [-0.15, -0.1) is 0 Å². The summed E-state index contributed by atoms with van der Waals surface area (Å²) >= 11 is 0. The van der Waals surface area contributed by atoms with Crippen LogP contribution in [0, 0.1) is 0 Å². The fourth-order valence-corrected chi connectivity index (χ4v) is 3.30. The van der Waals surface area contributed by atoms with E-state index in [0.717, 1.165) is 22.2 Å². The molecule has 1 heterocycles. The number of benzene rings is 3. The fraction of sp³-hybridized carbons (Fsp3) is 0.160. The maximum absolute atomic E-state index is 12.4. The molecule has 152 valence electrons. The Morgan fingerprint density at radius 3 is 2.47 bits per heavy atom. The van der Waals surface area contributed by atoms with Crippen LogP contribution in [0.2, 0.25) is 0 Å². The lowest BCUT2D eigenvalue weighted by atomic mass is 10.1. The number of nitrogens with one attached hydrogen (secondary N) is 1. The van der Waals surface area contributed by atoms with Gasteiger partial charge in [0.05, 0.1) is 20.3 Å². The normalized spacial score (nSPS) is 10.8. The van der Waals surface area contributed by atoms with E-state index in [2.05, 4.69) is 4.98 Å². The molecule has 0 saturated carbocycles. The summed E-state index contributed by atoms with van der Waals surface area (Å²) in [6.45, 7) is 1.43. The van der Waals surface area contributed by atoms with E-state index in [1.54, 1.807) is 7.11 Å². The van der Waals surface area contributed by atoms with E-state index in [1.165, 1.54) is 0 Å². The van der Waals surface area contributed by atoms with E-state index in [1.807, 2.05) is 78.9 Å². The lowest BCUT2D eigenvalue weighted by Gasteiger charge is -2.13. The smallest absolute Gasteiger partial charge is 0.256 e. The molecule has 0 aliphatic carbocycles. The summed E-state index contributed by atoms with van der Waals surface area (Å²) in [4.78, 5) is 15.3. The Morgan fingerprint density at radius 2 is 1.63 bits per heavy atom. The summed E-state index contributed by atoms with van der Waals surface area (Å²) in [6.07, 6.45) is 0. The van der Waals surface area contributed by atoms with Crippen LogP contribution in [0.25, 0.3) is 22.0 Å². The van der Waals surface area contributed by atoms with E-state index in [-0.39, 0.29) is 5.56 Å². The van der Waals surface area contributed by atoms with Gasteiger partial charge in [-0.2, -0.15) is 0 Å². The third kappa shape index (κ3) is 4.53. The molecule has 0 bridgehead atoms. The maximum Gasteiger partial charge on any atom is 0.256 e. The minimum absolute atomic E-state index is 0.113. The Morgan fingerprint density at radius 1 is 0.833 bits per heavy atom. The molecule has 0 radical (unpaired) electrons. The van der Waals surface area contributed by atoms with E-state index in [4.69, 9.17) is 14.2 Å². The number of H-pyrrole nitrogens is 1. The first-order valence-corrected chi connectivity index (χ1v) is 9.79. The topological polar surface area (TPSA) is 60.6 Å². The molecule has 0 saturated heterocycles. The summed E-state index contributed by atoms with van der Waals surface area (Å²) in [5.41, 5.74) is 2.60. The van der Waals surface area contributed by atoms with Crippen LogP contribution in [-0.2, 0) is 11.3 Å². The molecule has 30 heavy (non-hydrogen) atoms. The average Bonchev–Trinajstić information content (AvgIpc) is 2.79. The Kier molecular flexibility index (Phi) is 6.11. The van der Waals surface area contributed by atoms with Crippen molar-refractivity contribution in [1.29, 1.82) is 0 Å². The Hall–Kier alpha value is -3.57. The molecule has 3 aromatic carbocycles. The summed E-state index contributed by atoms with van der Waals surface area (Å²) in [7, 11) is 1.60. The van der Waals surface area contributed by atoms with E-state index < -0.39 is 0 Å². The first-order valence-electron chi connectivity index (χ1n) is 9.79. The van der Waals surface area contributed by atoms with Crippen molar-refractivity contribution in [2.75, 3.05) is 20.3 Å². The third-order valence-electron chi connectivity index (χ3n) is 4.82. The zero-order chi connectivity index (χ0) is 20.8. The van der Waals surface area contributed by atoms with Crippen LogP contribution in [0.4, 0.5) is 0 Å². The van der Waals surface area contributed by atoms with Gasteiger partial charge in [-0.3, -0.25) is 4.79 Å². The van der Waals surface area contributed by atoms with Crippen molar-refractivity contribution < 1.29 is 14.2 Å². The Balaban J connectivity index is 1.43. The minimum atomic E-state index is -0.113. The first-order chi connectivity index (χ1) is 14.7. The molecule has 0 spiro atoms. The molecule has 0 atom stereocenters. The molecule has 4 aromatic rings. The SMILES string of the molecule is COc1cc(-c2cc3ccccc3c(=O)[nH]2)ccc1OCCOCc1ccccc1. The quantitative estimate of drug-likeness (QED) is 0.431. The van der Waals surface area contributed by atoms with Crippen LogP contribution in [0.3, 0.4) is 0 Å². The molecule has 0 aliphatic rings. The van der Waals surface area contributed by atoms with Gasteiger partial charge >= 0.3 is 0 Å². The molecule has 5 nitrogen and oxygen atoms in total. The van der Waals surface area contributed by atoms with Crippen molar-refractivity contribution in [2.24, 2.45) is 0 Å². The van der Waals surface area contributed by atoms with Crippen LogP contribution in [0.15, 0.2) is 83.7 Å². The number of hydrogen-bond acceptors (Lipinski definition) is 4. The Bertz CT molecular complexity index is 1180. The molecule has 0 aliphatic heterocycles. The van der Waals surface area contributed by atoms with Gasteiger partial charge in [-0.25, -0.2) is 0 Å². The van der Waals surface area contributed by atoms with Gasteiger partial charge in [0.1, 0.15) is 6.61 Å². The second kappa shape index (κ2) is 9.29. The molecule has 1 aromatic heterocycles. The predicted molar refractivity (Wildman–Crippen MR) is 118 cm³/mol. The van der Waals surface area contributed by atoms with Crippen LogP contribution in [0.1, 0.15) is 5.56 Å². The highest BCUT2D eigenvalue weighted by Gasteiger charge is 2.09. The summed E-state index contributed by atoms with van der Waals surface area (Å²) in [6, 6.07) is 25.1. The van der Waals surface area contributed by atoms with Crippen LogP contribution in [-0.4, -0.2) is 25.3 Å². The average molecular weight is 401 g/mol. The molecule has 1 N–H and O–H groups in total. The summed E-state index contributed by atoms with van der Waals surface area (Å²) in [5, 5.41) is 1.56. The highest BCUT2D eigenvalue weighted by Crippen LogP contribution is 2.32. The van der Waals surface area contributed by atoms with Gasteiger partial charge in [0, 0.05) is 16.6 Å². The highest BCUT2D eigenvalue weighted by atomic mass is 16.5. The molecular formula is C25H23NO4. The summed E-state index contributed by atoms with van der Waals surface area (Å²) in [5.74, 6) is 1.23. The van der Waals surface area contributed by atoms with E-state index >= 15 is 0 Å². The van der Waals surface area contributed by atoms with Crippen LogP contribution in [0.5, 0.6) is 11.5 Å². The van der Waals surface area contributed by atoms with Crippen molar-refractivity contribution in [2.45, 2.75) is 6.61 Å². The minimum Gasteiger partial charge on any atom is -0.493 e. The maximum atomic E-state index is 12.4. The number of aromatic amines is 1. The zero-order valence-corrected chi connectivity index (χ0v) is 16.8. The number of methoxy groups -OCH3 is 1.